The largest absolute Gasteiger partial charge is 0.469 e. The van der Waals surface area contributed by atoms with Crippen molar-refractivity contribution >= 4 is 0 Å². The Morgan fingerprint density at radius 2 is 2.42 bits per heavy atom. The summed E-state index contributed by atoms with van der Waals surface area (Å²) < 4.78 is 5.30. The molecule has 0 spiro atoms. The highest BCUT2D eigenvalue weighted by Gasteiger charge is 2.03. The molecule has 1 nitrogen and oxygen atoms in total. The highest BCUT2D eigenvalue weighted by Crippen LogP contribution is 2.14. The van der Waals surface area contributed by atoms with Crippen molar-refractivity contribution in [3.63, 3.8) is 0 Å². The highest BCUT2D eigenvalue weighted by atomic mass is 16.3. The van der Waals surface area contributed by atoms with Crippen LogP contribution in [0.15, 0.2) is 22.8 Å². The molecule has 0 bridgehead atoms. The van der Waals surface area contributed by atoms with Crippen molar-refractivity contribution in [1.29, 1.82) is 0 Å². The van der Waals surface area contributed by atoms with E-state index in [1.165, 1.54) is 5.56 Å². The maximum atomic E-state index is 5.39. The van der Waals surface area contributed by atoms with Gasteiger partial charge in [-0.15, -0.1) is 0 Å². The normalized spacial score (nSPS) is 12.8. The van der Waals surface area contributed by atoms with Crippen LogP contribution in [0.25, 0.3) is 0 Å². The molecule has 0 aliphatic carbocycles. The van der Waals surface area contributed by atoms with E-state index >= 15 is 0 Å². The van der Waals surface area contributed by atoms with Gasteiger partial charge in [0.05, 0.1) is 6.26 Å². The summed E-state index contributed by atoms with van der Waals surface area (Å²) in [5.74, 6) is 1.55. The van der Waals surface area contributed by atoms with E-state index in [2.05, 4.69) is 13.8 Å². The number of furan rings is 1. The minimum atomic E-state index is 0.467. The predicted molar refractivity (Wildman–Crippen MR) is 49.8 cm³/mol. The van der Waals surface area contributed by atoms with E-state index in [4.69, 9.17) is 11.0 Å². The molecule has 1 heteroatoms. The molecule has 1 aromatic rings. The van der Waals surface area contributed by atoms with Crippen LogP contribution in [-0.4, -0.2) is 0 Å². The lowest BCUT2D eigenvalue weighted by Gasteiger charge is -2.03. The lowest BCUT2D eigenvalue weighted by atomic mass is 10.0. The van der Waals surface area contributed by atoms with Crippen LogP contribution in [0.4, 0.5) is 0 Å². The number of hydrogen-bond acceptors (Lipinski definition) is 1. The molecule has 1 unspecified atom stereocenters. The van der Waals surface area contributed by atoms with Crippen molar-refractivity contribution in [1.82, 2.24) is 0 Å². The van der Waals surface area contributed by atoms with E-state index in [9.17, 15) is 0 Å². The van der Waals surface area contributed by atoms with Gasteiger partial charge in [0, 0.05) is 6.42 Å². The van der Waals surface area contributed by atoms with Crippen LogP contribution in [0.3, 0.4) is 0 Å². The third kappa shape index (κ3) is 2.26. The monoisotopic (exact) mass is 163 g/mol. The first-order valence-corrected chi connectivity index (χ1v) is 4.32. The van der Waals surface area contributed by atoms with Gasteiger partial charge in [0.1, 0.15) is 5.76 Å². The highest BCUT2D eigenvalue weighted by molar-refractivity contribution is 5.14. The first-order valence-electron chi connectivity index (χ1n) is 4.32. The van der Waals surface area contributed by atoms with E-state index in [-0.39, 0.29) is 0 Å². The standard InChI is InChI=1S/C11H15O/c1-4-9(2)5-6-11-10(3)7-8-12-11/h1,4,7-9H,5-6H2,2-3H3. The molecule has 1 heterocycles. The summed E-state index contributed by atoms with van der Waals surface area (Å²) in [6, 6.07) is 1.99. The van der Waals surface area contributed by atoms with Crippen LogP contribution in [0, 0.1) is 19.4 Å². The molecule has 0 amide bonds. The van der Waals surface area contributed by atoms with Gasteiger partial charge in [-0.2, -0.15) is 0 Å². The molecule has 12 heavy (non-hydrogen) atoms. The topological polar surface area (TPSA) is 13.1 Å². The summed E-state index contributed by atoms with van der Waals surface area (Å²) in [6.07, 6.45) is 5.51. The second kappa shape index (κ2) is 4.15. The summed E-state index contributed by atoms with van der Waals surface area (Å²) in [7, 11) is 0. The molecule has 0 aliphatic heterocycles. The summed E-state index contributed by atoms with van der Waals surface area (Å²) in [6.45, 7) is 9.57. The fourth-order valence-corrected chi connectivity index (χ4v) is 1.12. The molecule has 0 saturated heterocycles. The number of aryl methyl sites for hydroxylation is 2. The van der Waals surface area contributed by atoms with E-state index in [0.717, 1.165) is 18.6 Å². The van der Waals surface area contributed by atoms with E-state index in [0.29, 0.717) is 5.92 Å². The molecular formula is C11H15O. The fourth-order valence-electron chi connectivity index (χ4n) is 1.12. The Balaban J connectivity index is 2.43. The minimum Gasteiger partial charge on any atom is -0.469 e. The van der Waals surface area contributed by atoms with Crippen molar-refractivity contribution in [2.45, 2.75) is 26.7 Å². The summed E-state index contributed by atoms with van der Waals surface area (Å²) in [5.41, 5.74) is 1.24. The summed E-state index contributed by atoms with van der Waals surface area (Å²) in [5, 5.41) is 0. The molecule has 1 aromatic heterocycles. The van der Waals surface area contributed by atoms with Gasteiger partial charge in [0.2, 0.25) is 0 Å². The fraction of sp³-hybridized carbons (Fsp3) is 0.455. The third-order valence-corrected chi connectivity index (χ3v) is 2.12. The third-order valence-electron chi connectivity index (χ3n) is 2.12. The number of rotatable bonds is 4. The van der Waals surface area contributed by atoms with Crippen LogP contribution in [0.1, 0.15) is 24.7 Å². The molecule has 1 radical (unpaired) electrons. The number of allylic oxidation sites excluding steroid dienone is 1. The SMILES string of the molecule is [CH]=CC(C)CCc1occc1C. The van der Waals surface area contributed by atoms with Crippen molar-refractivity contribution in [2.75, 3.05) is 0 Å². The maximum absolute atomic E-state index is 5.39. The molecule has 1 atom stereocenters. The van der Waals surface area contributed by atoms with E-state index < -0.39 is 0 Å². The predicted octanol–water partition coefficient (Wildman–Crippen LogP) is 3.15. The Kier molecular flexibility index (Phi) is 3.15. The van der Waals surface area contributed by atoms with Gasteiger partial charge in [0.25, 0.3) is 0 Å². The summed E-state index contributed by atoms with van der Waals surface area (Å²) >= 11 is 0. The molecule has 0 aromatic carbocycles. The van der Waals surface area contributed by atoms with Gasteiger partial charge >= 0.3 is 0 Å². The molecule has 1 rings (SSSR count). The van der Waals surface area contributed by atoms with Crippen LogP contribution in [0.5, 0.6) is 0 Å². The van der Waals surface area contributed by atoms with Crippen molar-refractivity contribution in [3.05, 3.63) is 36.3 Å². The second-order valence-corrected chi connectivity index (χ2v) is 3.24. The van der Waals surface area contributed by atoms with Gasteiger partial charge in [0.15, 0.2) is 0 Å². The first-order chi connectivity index (χ1) is 5.74. The van der Waals surface area contributed by atoms with Gasteiger partial charge < -0.3 is 4.42 Å². The van der Waals surface area contributed by atoms with Crippen molar-refractivity contribution in [2.24, 2.45) is 5.92 Å². The number of hydrogen-bond donors (Lipinski definition) is 0. The Morgan fingerprint density at radius 1 is 1.67 bits per heavy atom. The van der Waals surface area contributed by atoms with Crippen molar-refractivity contribution in [3.8, 4) is 0 Å². The molecule has 0 N–H and O–H groups in total. The first kappa shape index (κ1) is 9.11. The van der Waals surface area contributed by atoms with Crippen LogP contribution < -0.4 is 0 Å². The van der Waals surface area contributed by atoms with E-state index in [1.54, 1.807) is 12.3 Å². The Hall–Kier alpha value is -0.980. The lowest BCUT2D eigenvalue weighted by Crippen LogP contribution is -1.93. The molecule has 0 aliphatic rings. The average molecular weight is 163 g/mol. The Bertz CT molecular complexity index is 247. The molecule has 0 saturated carbocycles. The smallest absolute Gasteiger partial charge is 0.106 e. The van der Waals surface area contributed by atoms with Crippen LogP contribution >= 0.6 is 0 Å². The zero-order chi connectivity index (χ0) is 8.97. The van der Waals surface area contributed by atoms with Gasteiger partial charge in [-0.05, 0) is 30.9 Å². The zero-order valence-corrected chi connectivity index (χ0v) is 7.71. The Morgan fingerprint density at radius 3 is 2.92 bits per heavy atom. The van der Waals surface area contributed by atoms with E-state index in [1.807, 2.05) is 6.07 Å². The minimum absolute atomic E-state index is 0.467. The van der Waals surface area contributed by atoms with Crippen molar-refractivity contribution < 1.29 is 4.42 Å². The van der Waals surface area contributed by atoms with Gasteiger partial charge in [-0.25, -0.2) is 0 Å². The van der Waals surface area contributed by atoms with Crippen LogP contribution in [-0.2, 0) is 6.42 Å². The molecule has 65 valence electrons. The van der Waals surface area contributed by atoms with Gasteiger partial charge in [-0.1, -0.05) is 19.6 Å². The molecule has 0 fully saturated rings. The van der Waals surface area contributed by atoms with Crippen LogP contribution in [0.2, 0.25) is 0 Å². The lowest BCUT2D eigenvalue weighted by molar-refractivity contribution is 0.484. The second-order valence-electron chi connectivity index (χ2n) is 3.24. The van der Waals surface area contributed by atoms with Gasteiger partial charge in [-0.3, -0.25) is 0 Å². The quantitative estimate of drug-likeness (QED) is 0.664. The average Bonchev–Trinajstić information content (AvgIpc) is 2.47. The zero-order valence-electron chi connectivity index (χ0n) is 7.71. The maximum Gasteiger partial charge on any atom is 0.106 e. The summed E-state index contributed by atoms with van der Waals surface area (Å²) in [4.78, 5) is 0. The molecular weight excluding hydrogens is 148 g/mol. The Labute approximate surface area is 74.1 Å².